The quantitative estimate of drug-likeness (QED) is 0.640. The van der Waals surface area contributed by atoms with Crippen molar-refractivity contribution in [2.75, 3.05) is 31.6 Å². The monoisotopic (exact) mass is 499 g/mol. The van der Waals surface area contributed by atoms with Crippen molar-refractivity contribution >= 4 is 35.0 Å². The normalized spacial score (nSPS) is 35.1. The molecule has 0 saturated carbocycles. The lowest BCUT2D eigenvalue weighted by Gasteiger charge is -2.40. The highest BCUT2D eigenvalue weighted by Gasteiger charge is 2.75. The van der Waals surface area contributed by atoms with E-state index in [1.165, 1.54) is 4.90 Å². The number of carbonyl (C=O) groups is 3. The molecule has 1 spiro atoms. The number of aliphatic hydroxyl groups excluding tert-OH is 1. The zero-order chi connectivity index (χ0) is 25.1. The van der Waals surface area contributed by atoms with Crippen LogP contribution in [0.1, 0.15) is 20.3 Å². The van der Waals surface area contributed by atoms with Crippen molar-refractivity contribution in [2.45, 2.75) is 43.6 Å². The van der Waals surface area contributed by atoms with E-state index >= 15 is 0 Å². The highest BCUT2D eigenvalue weighted by molar-refractivity contribution is 6.30. The molecule has 6 atom stereocenters. The van der Waals surface area contributed by atoms with E-state index in [1.807, 2.05) is 31.2 Å². The van der Waals surface area contributed by atoms with Gasteiger partial charge in [0, 0.05) is 30.8 Å². The Kier molecular flexibility index (Phi) is 5.81. The van der Waals surface area contributed by atoms with E-state index in [4.69, 9.17) is 16.3 Å². The van der Waals surface area contributed by atoms with Crippen LogP contribution in [0.25, 0.3) is 0 Å². The highest BCUT2D eigenvalue weighted by atomic mass is 35.5. The van der Waals surface area contributed by atoms with Crippen LogP contribution in [0.2, 0.25) is 5.02 Å². The fourth-order valence-electron chi connectivity index (χ4n) is 6.24. The zero-order valence-electron chi connectivity index (χ0n) is 20.1. The van der Waals surface area contributed by atoms with Gasteiger partial charge in [-0.15, -0.1) is 0 Å². The van der Waals surface area contributed by atoms with E-state index < -0.39 is 35.1 Å². The molecule has 4 heterocycles. The summed E-state index contributed by atoms with van der Waals surface area (Å²) >= 11 is 6.06. The minimum Gasteiger partial charge on any atom is -0.394 e. The lowest BCUT2D eigenvalue weighted by Crippen LogP contribution is -2.58. The first-order chi connectivity index (χ1) is 16.7. The number of hydrogen-bond acceptors (Lipinski definition) is 5. The molecule has 1 aromatic carbocycles. The lowest BCUT2D eigenvalue weighted by atomic mass is 9.73. The van der Waals surface area contributed by atoms with E-state index in [2.05, 4.69) is 0 Å². The van der Waals surface area contributed by atoms with Crippen LogP contribution in [-0.2, 0) is 19.1 Å². The van der Waals surface area contributed by atoms with Gasteiger partial charge in [0.25, 0.3) is 5.91 Å². The predicted molar refractivity (Wildman–Crippen MR) is 131 cm³/mol. The standard InChI is InChI=1S/C26H30ClN3O5/c1-4-25-11-5-13-28(3)22(32)19(25)20-23(33)30(16(2)15-31)21-24(34)29(14-6-12-26(20,21)35-25)18-9-7-17(27)8-10-18/h5-12,16,19-21,31H,4,13-15H2,1-3H3/t16-,19-,20+,21?,25+,26+/m1/s1. The number of amides is 3. The number of nitrogens with zero attached hydrogens (tertiary/aromatic N) is 3. The first-order valence-corrected chi connectivity index (χ1v) is 12.4. The Morgan fingerprint density at radius 3 is 2.40 bits per heavy atom. The molecule has 1 N–H and O–H groups in total. The molecule has 3 amide bonds. The number of hydrogen-bond donors (Lipinski definition) is 1. The van der Waals surface area contributed by atoms with Crippen molar-refractivity contribution in [1.82, 2.24) is 9.80 Å². The van der Waals surface area contributed by atoms with Crippen molar-refractivity contribution in [3.8, 4) is 0 Å². The average molecular weight is 500 g/mol. The van der Waals surface area contributed by atoms with Crippen LogP contribution in [0, 0.1) is 11.8 Å². The zero-order valence-corrected chi connectivity index (χ0v) is 20.8. The average Bonchev–Trinajstić information content (AvgIpc) is 3.16. The largest absolute Gasteiger partial charge is 0.394 e. The third-order valence-corrected chi connectivity index (χ3v) is 8.21. The number of rotatable bonds is 4. The Bertz CT molecular complexity index is 1120. The second-order valence-electron chi connectivity index (χ2n) is 9.85. The predicted octanol–water partition coefficient (Wildman–Crippen LogP) is 2.01. The number of halogens is 1. The molecule has 2 fully saturated rings. The van der Waals surface area contributed by atoms with Gasteiger partial charge in [0.05, 0.1) is 30.1 Å². The number of likely N-dealkylation sites (N-methyl/N-ethyl adjacent to an activating group) is 1. The molecule has 4 aliphatic heterocycles. The number of aliphatic hydroxyl groups is 1. The molecule has 35 heavy (non-hydrogen) atoms. The molecule has 5 rings (SSSR count). The minimum absolute atomic E-state index is 0.177. The molecular formula is C26H30ClN3O5. The molecule has 0 bridgehead atoms. The summed E-state index contributed by atoms with van der Waals surface area (Å²) in [4.78, 5) is 46.6. The second-order valence-corrected chi connectivity index (χ2v) is 10.3. The molecule has 9 heteroatoms. The van der Waals surface area contributed by atoms with Gasteiger partial charge in [-0.25, -0.2) is 0 Å². The van der Waals surface area contributed by atoms with Crippen molar-refractivity contribution in [3.05, 3.63) is 53.6 Å². The van der Waals surface area contributed by atoms with Gasteiger partial charge in [-0.2, -0.15) is 0 Å². The van der Waals surface area contributed by atoms with Gasteiger partial charge in [0.15, 0.2) is 0 Å². The van der Waals surface area contributed by atoms with Crippen LogP contribution in [0.3, 0.4) is 0 Å². The summed E-state index contributed by atoms with van der Waals surface area (Å²) in [5, 5.41) is 10.6. The minimum atomic E-state index is -1.34. The Hall–Kier alpha value is -2.68. The molecule has 8 nitrogen and oxygen atoms in total. The maximum absolute atomic E-state index is 14.2. The van der Waals surface area contributed by atoms with Crippen LogP contribution >= 0.6 is 11.6 Å². The summed E-state index contributed by atoms with van der Waals surface area (Å²) in [6.45, 7) is 4.02. The maximum Gasteiger partial charge on any atom is 0.253 e. The number of ether oxygens (including phenoxy) is 1. The summed E-state index contributed by atoms with van der Waals surface area (Å²) in [5.41, 5.74) is -1.70. The van der Waals surface area contributed by atoms with E-state index in [1.54, 1.807) is 48.0 Å². The van der Waals surface area contributed by atoms with Crippen LogP contribution in [0.5, 0.6) is 0 Å². The summed E-state index contributed by atoms with van der Waals surface area (Å²) in [6, 6.07) is 5.27. The van der Waals surface area contributed by atoms with E-state index in [0.717, 1.165) is 0 Å². The number of likely N-dealkylation sites (tertiary alicyclic amines) is 1. The smallest absolute Gasteiger partial charge is 0.253 e. The van der Waals surface area contributed by atoms with Crippen molar-refractivity contribution in [2.24, 2.45) is 11.8 Å². The molecule has 1 aromatic rings. The van der Waals surface area contributed by atoms with Crippen LogP contribution in [0.4, 0.5) is 5.69 Å². The van der Waals surface area contributed by atoms with Gasteiger partial charge in [-0.3, -0.25) is 14.4 Å². The Balaban J connectivity index is 1.69. The summed E-state index contributed by atoms with van der Waals surface area (Å²) in [5.74, 6) is -2.50. The third-order valence-electron chi connectivity index (χ3n) is 7.96. The topological polar surface area (TPSA) is 90.4 Å². The van der Waals surface area contributed by atoms with E-state index in [-0.39, 0.29) is 30.9 Å². The summed E-state index contributed by atoms with van der Waals surface area (Å²) < 4.78 is 6.83. The van der Waals surface area contributed by atoms with Crippen LogP contribution in [-0.4, -0.2) is 82.7 Å². The highest BCUT2D eigenvalue weighted by Crippen LogP contribution is 2.58. The second kappa shape index (κ2) is 8.47. The fourth-order valence-corrected chi connectivity index (χ4v) is 6.36. The Labute approximate surface area is 209 Å². The van der Waals surface area contributed by atoms with Crippen molar-refractivity contribution < 1.29 is 24.2 Å². The Morgan fingerprint density at radius 1 is 1.06 bits per heavy atom. The van der Waals surface area contributed by atoms with Gasteiger partial charge in [-0.05, 0) is 37.6 Å². The first kappa shape index (κ1) is 24.0. The molecule has 0 aromatic heterocycles. The molecule has 1 unspecified atom stereocenters. The van der Waals surface area contributed by atoms with Crippen LogP contribution in [0.15, 0.2) is 48.6 Å². The van der Waals surface area contributed by atoms with Crippen molar-refractivity contribution in [1.29, 1.82) is 0 Å². The maximum atomic E-state index is 14.2. The van der Waals surface area contributed by atoms with E-state index in [9.17, 15) is 19.5 Å². The van der Waals surface area contributed by atoms with Gasteiger partial charge in [0.1, 0.15) is 11.6 Å². The van der Waals surface area contributed by atoms with Gasteiger partial charge >= 0.3 is 0 Å². The molecule has 2 saturated heterocycles. The van der Waals surface area contributed by atoms with Crippen molar-refractivity contribution in [3.63, 3.8) is 0 Å². The first-order valence-electron chi connectivity index (χ1n) is 12.0. The SMILES string of the molecule is CC[C@]12C=CCN(C)C(=O)[C@H]1[C@H]1C(=O)N([C@H](C)CO)C3C(=O)N(c4ccc(Cl)cc4)CC=C[C@@]31O2. The number of anilines is 1. The summed E-state index contributed by atoms with van der Waals surface area (Å²) in [7, 11) is 1.71. The van der Waals surface area contributed by atoms with Gasteiger partial charge < -0.3 is 24.5 Å². The summed E-state index contributed by atoms with van der Waals surface area (Å²) in [6.07, 6.45) is 7.92. The molecule has 186 valence electrons. The molecular weight excluding hydrogens is 470 g/mol. The van der Waals surface area contributed by atoms with E-state index in [0.29, 0.717) is 23.7 Å². The van der Waals surface area contributed by atoms with Crippen LogP contribution < -0.4 is 4.90 Å². The van der Waals surface area contributed by atoms with Gasteiger partial charge in [0.2, 0.25) is 11.8 Å². The molecule has 0 radical (unpaired) electrons. The number of benzene rings is 1. The Morgan fingerprint density at radius 2 is 1.74 bits per heavy atom. The lowest BCUT2D eigenvalue weighted by molar-refractivity contribution is -0.151. The third kappa shape index (κ3) is 3.30. The molecule has 0 aliphatic carbocycles. The fraction of sp³-hybridized carbons (Fsp3) is 0.500. The number of fused-ring (bicyclic) bond motifs is 2. The molecule has 4 aliphatic rings. The number of carbonyl (C=O) groups excluding carboxylic acids is 3. The van der Waals surface area contributed by atoms with Gasteiger partial charge in [-0.1, -0.05) is 42.8 Å².